The van der Waals surface area contributed by atoms with Gasteiger partial charge in [0.25, 0.3) is 0 Å². The lowest BCUT2D eigenvalue weighted by Gasteiger charge is -2.33. The fourth-order valence-electron chi connectivity index (χ4n) is 3.56. The number of carbonyl (C=O) groups excluding carboxylic acids is 4. The highest BCUT2D eigenvalue weighted by Gasteiger charge is 2.37. The van der Waals surface area contributed by atoms with Crippen LogP contribution in [0.2, 0.25) is 0 Å². The van der Waals surface area contributed by atoms with Crippen LogP contribution in [0.15, 0.2) is 24.3 Å². The molecule has 0 saturated heterocycles. The van der Waals surface area contributed by atoms with Gasteiger partial charge in [0.1, 0.15) is 24.2 Å². The number of nitrogens with zero attached hydrogens (tertiary/aromatic N) is 2. The van der Waals surface area contributed by atoms with E-state index < -0.39 is 54.5 Å². The van der Waals surface area contributed by atoms with E-state index in [9.17, 15) is 24.4 Å². The van der Waals surface area contributed by atoms with Crippen LogP contribution in [-0.4, -0.2) is 52.9 Å². The highest BCUT2D eigenvalue weighted by Crippen LogP contribution is 2.24. The van der Waals surface area contributed by atoms with Gasteiger partial charge in [-0.15, -0.1) is 0 Å². The molecule has 4 amide bonds. The number of primary amides is 1. The molecule has 0 saturated carbocycles. The number of hydrogen-bond donors (Lipinski definition) is 3. The van der Waals surface area contributed by atoms with Gasteiger partial charge in [-0.2, -0.15) is 5.26 Å². The minimum Gasteiger partial charge on any atom is -0.444 e. The van der Waals surface area contributed by atoms with Gasteiger partial charge in [0.15, 0.2) is 0 Å². The van der Waals surface area contributed by atoms with Crippen LogP contribution < -0.4 is 16.4 Å². The van der Waals surface area contributed by atoms with E-state index in [4.69, 9.17) is 10.5 Å². The number of hydrogen-bond acceptors (Lipinski definition) is 6. The molecular weight excluding hydrogens is 450 g/mol. The Morgan fingerprint density at radius 1 is 1.20 bits per heavy atom. The van der Waals surface area contributed by atoms with Crippen molar-refractivity contribution in [3.63, 3.8) is 0 Å². The number of alkyl carbamates (subject to hydrolysis) is 1. The van der Waals surface area contributed by atoms with E-state index in [-0.39, 0.29) is 6.04 Å². The SMILES string of the molecule is CCCC(C)NC(=O)C(c1cccc(C)c1)N(CC#N)C(=O)C(CC(N)=O)NC(=O)OC(C)(C)C. The van der Waals surface area contributed by atoms with Gasteiger partial charge in [0, 0.05) is 6.04 Å². The molecular formula is C25H37N5O5. The second-order valence-electron chi connectivity index (χ2n) is 9.51. The minimum absolute atomic E-state index is 0.167. The Bertz CT molecular complexity index is 950. The normalized spacial score (nSPS) is 13.5. The molecule has 10 heteroatoms. The molecule has 1 aromatic rings. The third kappa shape index (κ3) is 10.0. The molecule has 0 radical (unpaired) electrons. The molecule has 0 aliphatic heterocycles. The lowest BCUT2D eigenvalue weighted by molar-refractivity contribution is -0.142. The van der Waals surface area contributed by atoms with E-state index in [1.807, 2.05) is 32.9 Å². The zero-order valence-corrected chi connectivity index (χ0v) is 21.4. The number of nitriles is 1. The number of nitrogens with two attached hydrogens (primary N) is 1. The largest absolute Gasteiger partial charge is 0.444 e. The molecule has 0 aliphatic rings. The first-order chi connectivity index (χ1) is 16.3. The molecule has 3 unspecified atom stereocenters. The van der Waals surface area contributed by atoms with E-state index in [1.54, 1.807) is 39.0 Å². The summed E-state index contributed by atoms with van der Waals surface area (Å²) in [6.07, 6.45) is 0.108. The van der Waals surface area contributed by atoms with Crippen molar-refractivity contribution in [2.24, 2.45) is 5.73 Å². The molecule has 0 fully saturated rings. The second-order valence-corrected chi connectivity index (χ2v) is 9.51. The molecule has 3 atom stereocenters. The summed E-state index contributed by atoms with van der Waals surface area (Å²) in [5.41, 5.74) is 5.82. The predicted octanol–water partition coefficient (Wildman–Crippen LogP) is 2.46. The van der Waals surface area contributed by atoms with Crippen molar-refractivity contribution < 1.29 is 23.9 Å². The summed E-state index contributed by atoms with van der Waals surface area (Å²) in [6, 6.07) is 6.17. The summed E-state index contributed by atoms with van der Waals surface area (Å²) in [5, 5.41) is 14.8. The van der Waals surface area contributed by atoms with Crippen LogP contribution in [0, 0.1) is 18.3 Å². The molecule has 192 valence electrons. The van der Waals surface area contributed by atoms with Crippen LogP contribution in [0.4, 0.5) is 4.79 Å². The Morgan fingerprint density at radius 2 is 1.86 bits per heavy atom. The smallest absolute Gasteiger partial charge is 0.408 e. The summed E-state index contributed by atoms with van der Waals surface area (Å²) in [7, 11) is 0. The Labute approximate surface area is 207 Å². The fraction of sp³-hybridized carbons (Fsp3) is 0.560. The lowest BCUT2D eigenvalue weighted by Crippen LogP contribution is -2.54. The standard InChI is InChI=1S/C25H37N5O5/c1-7-9-17(3)28-22(32)21(18-11-8-10-16(2)14-18)30(13-12-26)23(33)19(15-20(27)31)29-24(34)35-25(4,5)6/h8,10-11,14,17,19,21H,7,9,13,15H2,1-6H3,(H2,27,31)(H,28,32)(H,29,34). The fourth-order valence-corrected chi connectivity index (χ4v) is 3.56. The Morgan fingerprint density at radius 3 is 2.37 bits per heavy atom. The molecule has 35 heavy (non-hydrogen) atoms. The maximum Gasteiger partial charge on any atom is 0.408 e. The first-order valence-corrected chi connectivity index (χ1v) is 11.6. The summed E-state index contributed by atoms with van der Waals surface area (Å²) in [6.45, 7) is 10.2. The van der Waals surface area contributed by atoms with Crippen molar-refractivity contribution in [2.75, 3.05) is 6.54 Å². The molecule has 4 N–H and O–H groups in total. The number of benzene rings is 1. The first kappa shape index (κ1) is 29.4. The van der Waals surface area contributed by atoms with Gasteiger partial charge in [0.05, 0.1) is 12.5 Å². The maximum atomic E-state index is 13.6. The highest BCUT2D eigenvalue weighted by molar-refractivity contribution is 5.94. The van der Waals surface area contributed by atoms with Crippen molar-refractivity contribution in [1.29, 1.82) is 5.26 Å². The Kier molecular flexibility index (Phi) is 11.2. The zero-order chi connectivity index (χ0) is 26.8. The third-order valence-corrected chi connectivity index (χ3v) is 4.95. The molecule has 1 aromatic carbocycles. The average molecular weight is 488 g/mol. The minimum atomic E-state index is -1.43. The van der Waals surface area contributed by atoms with Gasteiger partial charge in [-0.3, -0.25) is 14.4 Å². The van der Waals surface area contributed by atoms with Crippen molar-refractivity contribution in [1.82, 2.24) is 15.5 Å². The monoisotopic (exact) mass is 487 g/mol. The van der Waals surface area contributed by atoms with Gasteiger partial charge >= 0.3 is 6.09 Å². The Hall–Kier alpha value is -3.61. The first-order valence-electron chi connectivity index (χ1n) is 11.6. The zero-order valence-electron chi connectivity index (χ0n) is 21.4. The van der Waals surface area contributed by atoms with Crippen LogP contribution in [-0.2, 0) is 19.1 Å². The van der Waals surface area contributed by atoms with Gasteiger partial charge in [-0.1, -0.05) is 43.2 Å². The van der Waals surface area contributed by atoms with Crippen molar-refractivity contribution in [2.45, 2.75) is 84.5 Å². The maximum absolute atomic E-state index is 13.6. The Balaban J connectivity index is 3.45. The van der Waals surface area contributed by atoms with Gasteiger partial charge in [-0.05, 0) is 46.6 Å². The topological polar surface area (TPSA) is 155 Å². The third-order valence-electron chi connectivity index (χ3n) is 4.95. The van der Waals surface area contributed by atoms with Crippen molar-refractivity contribution >= 4 is 23.8 Å². The lowest BCUT2D eigenvalue weighted by atomic mass is 10.00. The molecule has 1 rings (SSSR count). The molecule has 10 nitrogen and oxygen atoms in total. The van der Waals surface area contributed by atoms with Crippen LogP contribution in [0.25, 0.3) is 0 Å². The van der Waals surface area contributed by atoms with Crippen LogP contribution >= 0.6 is 0 Å². The van der Waals surface area contributed by atoms with E-state index in [0.717, 1.165) is 23.3 Å². The van der Waals surface area contributed by atoms with Crippen LogP contribution in [0.1, 0.15) is 71.0 Å². The van der Waals surface area contributed by atoms with E-state index in [2.05, 4.69) is 10.6 Å². The van der Waals surface area contributed by atoms with E-state index >= 15 is 0 Å². The summed E-state index contributed by atoms with van der Waals surface area (Å²) in [4.78, 5) is 52.1. The molecule has 0 aromatic heterocycles. The second kappa shape index (κ2) is 13.3. The average Bonchev–Trinajstić information content (AvgIpc) is 2.71. The van der Waals surface area contributed by atoms with Gasteiger partial charge in [-0.25, -0.2) is 4.79 Å². The molecule has 0 aliphatic carbocycles. The predicted molar refractivity (Wildman–Crippen MR) is 131 cm³/mol. The summed E-state index contributed by atoms with van der Waals surface area (Å²) < 4.78 is 5.21. The van der Waals surface area contributed by atoms with Crippen molar-refractivity contribution in [3.05, 3.63) is 35.4 Å². The van der Waals surface area contributed by atoms with E-state index in [0.29, 0.717) is 5.56 Å². The molecule has 0 bridgehead atoms. The van der Waals surface area contributed by atoms with Crippen LogP contribution in [0.5, 0.6) is 0 Å². The number of carbonyl (C=O) groups is 4. The number of ether oxygens (including phenoxy) is 1. The quantitative estimate of drug-likeness (QED) is 0.407. The molecule has 0 spiro atoms. The van der Waals surface area contributed by atoms with E-state index in [1.165, 1.54) is 0 Å². The number of aryl methyl sites for hydroxylation is 1. The van der Waals surface area contributed by atoms with Gasteiger partial charge in [0.2, 0.25) is 17.7 Å². The van der Waals surface area contributed by atoms with Crippen LogP contribution in [0.3, 0.4) is 0 Å². The highest BCUT2D eigenvalue weighted by atomic mass is 16.6. The summed E-state index contributed by atoms with van der Waals surface area (Å²) >= 11 is 0. The van der Waals surface area contributed by atoms with Gasteiger partial charge < -0.3 is 26.0 Å². The number of rotatable bonds is 11. The van der Waals surface area contributed by atoms with Crippen molar-refractivity contribution in [3.8, 4) is 6.07 Å². The number of nitrogens with one attached hydrogen (secondary N) is 2. The summed E-state index contributed by atoms with van der Waals surface area (Å²) in [5.74, 6) is -2.12. The molecule has 0 heterocycles. The number of amides is 4.